The molecular weight excluding hydrogens is 198 g/mol. The zero-order valence-electron chi connectivity index (χ0n) is 8.27. The van der Waals surface area contributed by atoms with Gasteiger partial charge in [-0.2, -0.15) is 0 Å². The Bertz CT molecular complexity index is 265. The Morgan fingerprint density at radius 1 is 1.36 bits per heavy atom. The van der Waals surface area contributed by atoms with Crippen LogP contribution in [0.1, 0.15) is 12.0 Å². The van der Waals surface area contributed by atoms with Gasteiger partial charge < -0.3 is 10.1 Å². The molecule has 2 rings (SSSR count). The normalized spacial score (nSPS) is 24.1. The third-order valence-electron chi connectivity index (χ3n) is 2.45. The van der Waals surface area contributed by atoms with Crippen LogP contribution in [0.15, 0.2) is 30.3 Å². The van der Waals surface area contributed by atoms with E-state index in [0.717, 1.165) is 13.0 Å². The van der Waals surface area contributed by atoms with Crippen molar-refractivity contribution < 1.29 is 4.74 Å². The lowest BCUT2D eigenvalue weighted by Crippen LogP contribution is -2.19. The van der Waals surface area contributed by atoms with Crippen molar-refractivity contribution in [1.82, 2.24) is 5.32 Å². The summed E-state index contributed by atoms with van der Waals surface area (Å²) >= 11 is 0. The van der Waals surface area contributed by atoms with Crippen molar-refractivity contribution in [3.63, 3.8) is 0 Å². The van der Waals surface area contributed by atoms with E-state index >= 15 is 0 Å². The van der Waals surface area contributed by atoms with Crippen LogP contribution in [0.25, 0.3) is 0 Å². The minimum Gasteiger partial charge on any atom is -0.380 e. The highest BCUT2D eigenvalue weighted by Gasteiger charge is 2.36. The number of rotatable bonds is 4. The van der Waals surface area contributed by atoms with Crippen molar-refractivity contribution >= 4 is 12.4 Å². The second-order valence-electron chi connectivity index (χ2n) is 3.48. The average Bonchev–Trinajstić information content (AvgIpc) is 2.95. The number of hydrogen-bond acceptors (Lipinski definition) is 2. The highest BCUT2D eigenvalue weighted by atomic mass is 35.5. The molecule has 1 N–H and O–H groups in total. The van der Waals surface area contributed by atoms with E-state index in [1.165, 1.54) is 5.56 Å². The molecule has 0 amide bonds. The molecule has 78 valence electrons. The van der Waals surface area contributed by atoms with Gasteiger partial charge in [-0.25, -0.2) is 0 Å². The maximum absolute atomic E-state index is 5.20. The molecule has 0 bridgehead atoms. The molecule has 1 saturated carbocycles. The highest BCUT2D eigenvalue weighted by Crippen LogP contribution is 2.24. The standard InChI is InChI=1S/C11H15NO.ClH/c1-13-11-7-10(11)12-8-9-5-3-2-4-6-9;/h2-6,10-12H,7-8H2,1H3;1H. The van der Waals surface area contributed by atoms with Gasteiger partial charge in [0.1, 0.15) is 0 Å². The number of nitrogens with one attached hydrogen (secondary N) is 1. The van der Waals surface area contributed by atoms with E-state index in [9.17, 15) is 0 Å². The van der Waals surface area contributed by atoms with E-state index in [1.54, 1.807) is 7.11 Å². The summed E-state index contributed by atoms with van der Waals surface area (Å²) in [4.78, 5) is 0. The third kappa shape index (κ3) is 2.98. The molecule has 2 atom stereocenters. The fourth-order valence-corrected chi connectivity index (χ4v) is 1.49. The maximum atomic E-state index is 5.20. The Labute approximate surface area is 91.1 Å². The van der Waals surface area contributed by atoms with Crippen LogP contribution in [0.2, 0.25) is 0 Å². The number of methoxy groups -OCH3 is 1. The molecule has 0 heterocycles. The first-order chi connectivity index (χ1) is 6.40. The Morgan fingerprint density at radius 2 is 2.07 bits per heavy atom. The zero-order chi connectivity index (χ0) is 9.10. The van der Waals surface area contributed by atoms with Gasteiger partial charge in [0.2, 0.25) is 0 Å². The first-order valence-electron chi connectivity index (χ1n) is 4.70. The number of hydrogen-bond donors (Lipinski definition) is 1. The lowest BCUT2D eigenvalue weighted by atomic mass is 10.2. The molecule has 0 radical (unpaired) electrons. The smallest absolute Gasteiger partial charge is 0.0741 e. The van der Waals surface area contributed by atoms with Crippen LogP contribution in [0, 0.1) is 0 Å². The van der Waals surface area contributed by atoms with Crippen molar-refractivity contribution in [2.75, 3.05) is 7.11 Å². The highest BCUT2D eigenvalue weighted by molar-refractivity contribution is 5.85. The van der Waals surface area contributed by atoms with Gasteiger partial charge in [0.25, 0.3) is 0 Å². The monoisotopic (exact) mass is 213 g/mol. The molecule has 0 aromatic heterocycles. The average molecular weight is 214 g/mol. The van der Waals surface area contributed by atoms with Gasteiger partial charge in [-0.1, -0.05) is 30.3 Å². The SMILES string of the molecule is COC1CC1NCc1ccccc1.Cl. The first kappa shape index (κ1) is 11.5. The Morgan fingerprint density at radius 3 is 2.64 bits per heavy atom. The van der Waals surface area contributed by atoms with Gasteiger partial charge in [0, 0.05) is 19.7 Å². The predicted molar refractivity (Wildman–Crippen MR) is 59.7 cm³/mol. The molecule has 14 heavy (non-hydrogen) atoms. The van der Waals surface area contributed by atoms with Crippen LogP contribution in [-0.4, -0.2) is 19.3 Å². The molecule has 0 aliphatic heterocycles. The summed E-state index contributed by atoms with van der Waals surface area (Å²) in [5, 5.41) is 3.45. The van der Waals surface area contributed by atoms with Crippen LogP contribution in [0.4, 0.5) is 0 Å². The lowest BCUT2D eigenvalue weighted by molar-refractivity contribution is 0.173. The quantitative estimate of drug-likeness (QED) is 0.826. The molecule has 3 heteroatoms. The third-order valence-corrected chi connectivity index (χ3v) is 2.45. The minimum atomic E-state index is 0. The Hall–Kier alpha value is -0.570. The molecule has 1 fully saturated rings. The minimum absolute atomic E-state index is 0. The second-order valence-corrected chi connectivity index (χ2v) is 3.48. The van der Waals surface area contributed by atoms with E-state index in [-0.39, 0.29) is 12.4 Å². The van der Waals surface area contributed by atoms with Crippen LogP contribution < -0.4 is 5.32 Å². The summed E-state index contributed by atoms with van der Waals surface area (Å²) < 4.78 is 5.20. The van der Waals surface area contributed by atoms with E-state index < -0.39 is 0 Å². The summed E-state index contributed by atoms with van der Waals surface area (Å²) in [6.45, 7) is 0.950. The number of halogens is 1. The first-order valence-corrected chi connectivity index (χ1v) is 4.70. The van der Waals surface area contributed by atoms with E-state index in [1.807, 2.05) is 6.07 Å². The Kier molecular flexibility index (Phi) is 4.39. The molecule has 1 aliphatic rings. The molecule has 1 aliphatic carbocycles. The van der Waals surface area contributed by atoms with E-state index in [4.69, 9.17) is 4.74 Å². The summed E-state index contributed by atoms with van der Waals surface area (Å²) in [6.07, 6.45) is 1.60. The molecule has 2 nitrogen and oxygen atoms in total. The summed E-state index contributed by atoms with van der Waals surface area (Å²) in [5.74, 6) is 0. The lowest BCUT2D eigenvalue weighted by Gasteiger charge is -2.02. The van der Waals surface area contributed by atoms with Crippen molar-refractivity contribution in [1.29, 1.82) is 0 Å². The molecular formula is C11H16ClNO. The van der Waals surface area contributed by atoms with Crippen molar-refractivity contribution in [2.45, 2.75) is 25.1 Å². The van der Waals surface area contributed by atoms with Gasteiger partial charge >= 0.3 is 0 Å². The van der Waals surface area contributed by atoms with Gasteiger partial charge in [-0.05, 0) is 12.0 Å². The number of ether oxygens (including phenoxy) is 1. The second kappa shape index (κ2) is 5.35. The topological polar surface area (TPSA) is 21.3 Å². The summed E-state index contributed by atoms with van der Waals surface area (Å²) in [7, 11) is 1.77. The fraction of sp³-hybridized carbons (Fsp3) is 0.455. The van der Waals surface area contributed by atoms with Crippen molar-refractivity contribution in [3.8, 4) is 0 Å². The van der Waals surface area contributed by atoms with Crippen LogP contribution in [0.5, 0.6) is 0 Å². The van der Waals surface area contributed by atoms with E-state index in [0.29, 0.717) is 12.1 Å². The van der Waals surface area contributed by atoms with Crippen molar-refractivity contribution in [3.05, 3.63) is 35.9 Å². The van der Waals surface area contributed by atoms with Crippen LogP contribution in [0.3, 0.4) is 0 Å². The summed E-state index contributed by atoms with van der Waals surface area (Å²) in [6, 6.07) is 11.0. The van der Waals surface area contributed by atoms with Gasteiger partial charge in [-0.15, -0.1) is 12.4 Å². The maximum Gasteiger partial charge on any atom is 0.0741 e. The van der Waals surface area contributed by atoms with Gasteiger partial charge in [0.05, 0.1) is 6.10 Å². The molecule has 1 aromatic rings. The molecule has 1 aromatic carbocycles. The van der Waals surface area contributed by atoms with Gasteiger partial charge in [-0.3, -0.25) is 0 Å². The van der Waals surface area contributed by atoms with Crippen molar-refractivity contribution in [2.24, 2.45) is 0 Å². The zero-order valence-corrected chi connectivity index (χ0v) is 9.09. The molecule has 0 saturated heterocycles. The fourth-order valence-electron chi connectivity index (χ4n) is 1.49. The molecule has 0 spiro atoms. The molecule has 2 unspecified atom stereocenters. The number of benzene rings is 1. The van der Waals surface area contributed by atoms with Crippen LogP contribution in [-0.2, 0) is 11.3 Å². The van der Waals surface area contributed by atoms with Gasteiger partial charge in [0.15, 0.2) is 0 Å². The van der Waals surface area contributed by atoms with E-state index in [2.05, 4.69) is 29.6 Å². The van der Waals surface area contributed by atoms with Crippen LogP contribution >= 0.6 is 12.4 Å². The summed E-state index contributed by atoms with van der Waals surface area (Å²) in [5.41, 5.74) is 1.34. The Balaban J connectivity index is 0.000000980. The largest absolute Gasteiger partial charge is 0.380 e. The predicted octanol–water partition coefficient (Wildman–Crippen LogP) is 1.99.